The van der Waals surface area contributed by atoms with Crippen LogP contribution in [0.1, 0.15) is 16.1 Å². The fourth-order valence-corrected chi connectivity index (χ4v) is 2.44. The van der Waals surface area contributed by atoms with Crippen LogP contribution in [0.15, 0.2) is 54.7 Å². The number of aryl methyl sites for hydroxylation is 1. The first-order chi connectivity index (χ1) is 10.2. The van der Waals surface area contributed by atoms with Gasteiger partial charge >= 0.3 is 5.97 Å². The van der Waals surface area contributed by atoms with Crippen molar-refractivity contribution in [1.82, 2.24) is 4.98 Å². The molecule has 2 aromatic carbocycles. The Morgan fingerprint density at radius 2 is 1.86 bits per heavy atom. The van der Waals surface area contributed by atoms with Crippen LogP contribution < -0.4 is 0 Å². The van der Waals surface area contributed by atoms with Crippen molar-refractivity contribution in [1.29, 1.82) is 0 Å². The van der Waals surface area contributed by atoms with Gasteiger partial charge in [0.05, 0.1) is 12.7 Å². The van der Waals surface area contributed by atoms with E-state index in [0.717, 1.165) is 27.6 Å². The van der Waals surface area contributed by atoms with Crippen LogP contribution in [-0.2, 0) is 4.74 Å². The smallest absolute Gasteiger partial charge is 0.338 e. The SMILES string of the molecule is COC(=O)c1ccccc1-c1ccc2cnc(C)cc2c1. The van der Waals surface area contributed by atoms with Crippen LogP contribution >= 0.6 is 0 Å². The first-order valence-electron chi connectivity index (χ1n) is 6.73. The van der Waals surface area contributed by atoms with Crippen LogP contribution in [0.5, 0.6) is 0 Å². The summed E-state index contributed by atoms with van der Waals surface area (Å²) in [4.78, 5) is 16.2. The number of carbonyl (C=O) groups is 1. The molecule has 1 aromatic heterocycles. The van der Waals surface area contributed by atoms with Crippen LogP contribution in [0.2, 0.25) is 0 Å². The second kappa shape index (κ2) is 5.37. The Bertz CT molecular complexity index is 824. The molecule has 0 spiro atoms. The Hall–Kier alpha value is -2.68. The highest BCUT2D eigenvalue weighted by atomic mass is 16.5. The summed E-state index contributed by atoms with van der Waals surface area (Å²) in [5, 5.41) is 2.19. The van der Waals surface area contributed by atoms with E-state index in [1.54, 1.807) is 6.07 Å². The van der Waals surface area contributed by atoms with E-state index in [1.165, 1.54) is 7.11 Å². The van der Waals surface area contributed by atoms with Crippen molar-refractivity contribution in [2.24, 2.45) is 0 Å². The van der Waals surface area contributed by atoms with Gasteiger partial charge in [-0.25, -0.2) is 4.79 Å². The molecule has 0 aliphatic rings. The number of hydrogen-bond acceptors (Lipinski definition) is 3. The summed E-state index contributed by atoms with van der Waals surface area (Å²) in [6.45, 7) is 1.97. The van der Waals surface area contributed by atoms with Crippen molar-refractivity contribution < 1.29 is 9.53 Å². The third-order valence-corrected chi connectivity index (χ3v) is 3.50. The second-order valence-corrected chi connectivity index (χ2v) is 4.92. The molecule has 3 heteroatoms. The van der Waals surface area contributed by atoms with Gasteiger partial charge in [0.1, 0.15) is 0 Å². The lowest BCUT2D eigenvalue weighted by atomic mass is 9.97. The van der Waals surface area contributed by atoms with Crippen LogP contribution in [0, 0.1) is 6.92 Å². The highest BCUT2D eigenvalue weighted by Gasteiger charge is 2.12. The van der Waals surface area contributed by atoms with Crippen LogP contribution in [0.3, 0.4) is 0 Å². The van der Waals surface area contributed by atoms with Crippen molar-refractivity contribution in [2.45, 2.75) is 6.92 Å². The van der Waals surface area contributed by atoms with Gasteiger partial charge in [0, 0.05) is 17.3 Å². The molecule has 0 saturated carbocycles. The summed E-state index contributed by atoms with van der Waals surface area (Å²) < 4.78 is 4.86. The average Bonchev–Trinajstić information content (AvgIpc) is 2.53. The Labute approximate surface area is 123 Å². The molecule has 0 unspecified atom stereocenters. The first-order valence-corrected chi connectivity index (χ1v) is 6.73. The minimum atomic E-state index is -0.323. The number of benzene rings is 2. The average molecular weight is 277 g/mol. The van der Waals surface area contributed by atoms with E-state index in [-0.39, 0.29) is 5.97 Å². The second-order valence-electron chi connectivity index (χ2n) is 4.92. The lowest BCUT2D eigenvalue weighted by Gasteiger charge is -2.09. The van der Waals surface area contributed by atoms with Crippen LogP contribution in [0.4, 0.5) is 0 Å². The maximum Gasteiger partial charge on any atom is 0.338 e. The Kier molecular flexibility index (Phi) is 3.40. The Balaban J connectivity index is 2.19. The molecule has 0 aliphatic carbocycles. The third-order valence-electron chi connectivity index (χ3n) is 3.50. The van der Waals surface area contributed by atoms with Gasteiger partial charge in [0.25, 0.3) is 0 Å². The fraction of sp³-hybridized carbons (Fsp3) is 0.111. The Morgan fingerprint density at radius 3 is 2.67 bits per heavy atom. The fourth-order valence-electron chi connectivity index (χ4n) is 2.44. The standard InChI is InChI=1S/C18H15NO2/c1-12-9-15-10-13(7-8-14(15)11-19-12)16-5-3-4-6-17(16)18(20)21-2/h3-11H,1-2H3. The molecule has 3 rings (SSSR count). The summed E-state index contributed by atoms with van der Waals surface area (Å²) in [7, 11) is 1.40. The maximum atomic E-state index is 11.9. The van der Waals surface area contributed by atoms with Crippen molar-refractivity contribution in [3.8, 4) is 11.1 Å². The number of fused-ring (bicyclic) bond motifs is 1. The van der Waals surface area contributed by atoms with E-state index in [4.69, 9.17) is 4.74 Å². The number of ether oxygens (including phenoxy) is 1. The van der Waals surface area contributed by atoms with Crippen LogP contribution in [-0.4, -0.2) is 18.1 Å². The lowest BCUT2D eigenvalue weighted by molar-refractivity contribution is 0.0601. The van der Waals surface area contributed by atoms with Gasteiger partial charge in [-0.15, -0.1) is 0 Å². The number of hydrogen-bond donors (Lipinski definition) is 0. The van der Waals surface area contributed by atoms with E-state index in [9.17, 15) is 4.79 Å². The monoisotopic (exact) mass is 277 g/mol. The molecule has 0 fully saturated rings. The van der Waals surface area contributed by atoms with E-state index in [1.807, 2.05) is 49.5 Å². The molecule has 0 bridgehead atoms. The topological polar surface area (TPSA) is 39.2 Å². The van der Waals surface area contributed by atoms with Gasteiger partial charge in [-0.1, -0.05) is 30.3 Å². The normalized spacial score (nSPS) is 10.6. The molecule has 0 aliphatic heterocycles. The van der Waals surface area contributed by atoms with Crippen molar-refractivity contribution in [3.63, 3.8) is 0 Å². The molecule has 0 atom stereocenters. The largest absolute Gasteiger partial charge is 0.465 e. The number of esters is 1. The van der Waals surface area contributed by atoms with Crippen molar-refractivity contribution in [2.75, 3.05) is 7.11 Å². The molecule has 21 heavy (non-hydrogen) atoms. The summed E-state index contributed by atoms with van der Waals surface area (Å²) in [6, 6.07) is 15.6. The number of pyridine rings is 1. The number of carbonyl (C=O) groups excluding carboxylic acids is 1. The molecule has 0 N–H and O–H groups in total. The Morgan fingerprint density at radius 1 is 1.05 bits per heavy atom. The van der Waals surface area contributed by atoms with E-state index >= 15 is 0 Å². The molecule has 0 saturated heterocycles. The van der Waals surface area contributed by atoms with Gasteiger partial charge in [0.2, 0.25) is 0 Å². The molecule has 104 valence electrons. The maximum absolute atomic E-state index is 11.9. The van der Waals surface area contributed by atoms with Crippen molar-refractivity contribution >= 4 is 16.7 Å². The minimum Gasteiger partial charge on any atom is -0.465 e. The molecular formula is C18H15NO2. The van der Waals surface area contributed by atoms with E-state index < -0.39 is 0 Å². The number of nitrogens with zero attached hydrogens (tertiary/aromatic N) is 1. The number of methoxy groups -OCH3 is 1. The van der Waals surface area contributed by atoms with Gasteiger partial charge in [-0.05, 0) is 41.6 Å². The molecule has 3 aromatic rings. The number of aromatic nitrogens is 1. The minimum absolute atomic E-state index is 0.323. The summed E-state index contributed by atoms with van der Waals surface area (Å²) in [5.74, 6) is -0.323. The van der Waals surface area contributed by atoms with Crippen LogP contribution in [0.25, 0.3) is 21.9 Å². The summed E-state index contributed by atoms with van der Waals surface area (Å²) >= 11 is 0. The summed E-state index contributed by atoms with van der Waals surface area (Å²) in [6.07, 6.45) is 1.86. The van der Waals surface area contributed by atoms with E-state index in [0.29, 0.717) is 5.56 Å². The van der Waals surface area contributed by atoms with E-state index in [2.05, 4.69) is 11.1 Å². The van der Waals surface area contributed by atoms with Gasteiger partial charge in [0.15, 0.2) is 0 Å². The predicted octanol–water partition coefficient (Wildman–Crippen LogP) is 4.00. The predicted molar refractivity (Wildman–Crippen MR) is 83.3 cm³/mol. The zero-order chi connectivity index (χ0) is 14.8. The summed E-state index contributed by atoms with van der Waals surface area (Å²) in [5.41, 5.74) is 3.42. The van der Waals surface area contributed by atoms with Gasteiger partial charge in [-0.3, -0.25) is 4.98 Å². The number of rotatable bonds is 2. The molecule has 0 radical (unpaired) electrons. The quantitative estimate of drug-likeness (QED) is 0.665. The lowest BCUT2D eigenvalue weighted by Crippen LogP contribution is -2.03. The zero-order valence-electron chi connectivity index (χ0n) is 12.0. The third kappa shape index (κ3) is 2.50. The highest BCUT2D eigenvalue weighted by Crippen LogP contribution is 2.27. The van der Waals surface area contributed by atoms with Gasteiger partial charge < -0.3 is 4.74 Å². The highest BCUT2D eigenvalue weighted by molar-refractivity contribution is 5.98. The molecular weight excluding hydrogens is 262 g/mol. The molecule has 0 amide bonds. The van der Waals surface area contributed by atoms with Gasteiger partial charge in [-0.2, -0.15) is 0 Å². The molecule has 3 nitrogen and oxygen atoms in total. The molecule has 1 heterocycles. The van der Waals surface area contributed by atoms with Crippen molar-refractivity contribution in [3.05, 3.63) is 66.0 Å². The first kappa shape index (κ1) is 13.3. The zero-order valence-corrected chi connectivity index (χ0v) is 12.0.